The molecule has 0 fully saturated rings. The van der Waals surface area contributed by atoms with Gasteiger partial charge in [0.2, 0.25) is 0 Å². The zero-order valence-corrected chi connectivity index (χ0v) is 7.10. The molecule has 6 nitrogen and oxygen atoms in total. The summed E-state index contributed by atoms with van der Waals surface area (Å²) in [5, 5.41) is 0. The molecule has 0 aromatic heterocycles. The summed E-state index contributed by atoms with van der Waals surface area (Å²) in [6.45, 7) is 0. The Morgan fingerprint density at radius 1 is 0.857 bits per heavy atom. The molecule has 0 atom stereocenters. The van der Waals surface area contributed by atoms with Crippen molar-refractivity contribution in [2.75, 3.05) is 0 Å². The minimum absolute atomic E-state index is 0.259. The molecule has 1 rings (SSSR count). The van der Waals surface area contributed by atoms with Crippen LogP contribution < -0.4 is 20.9 Å². The number of ether oxygens (including phenoxy) is 2. The Balaban J connectivity index is 2.68. The maximum absolute atomic E-state index is 10.3. The largest absolute Gasteiger partial charge is 0.411 e. The summed E-state index contributed by atoms with van der Waals surface area (Å²) in [6.07, 6.45) is -1.82. The third-order valence-electron chi connectivity index (χ3n) is 1.26. The summed E-state index contributed by atoms with van der Waals surface area (Å²) in [5.41, 5.74) is 9.55. The van der Waals surface area contributed by atoms with Crippen LogP contribution in [0.5, 0.6) is 11.5 Å². The SMILES string of the molecule is NC(=O)Oc1ccc(OC(N)=O)cc1. The number of primary amides is 2. The van der Waals surface area contributed by atoms with Gasteiger partial charge in [0.1, 0.15) is 11.5 Å². The fourth-order valence-corrected chi connectivity index (χ4v) is 0.808. The van der Waals surface area contributed by atoms with Crippen molar-refractivity contribution in [1.82, 2.24) is 0 Å². The molecule has 4 N–H and O–H groups in total. The predicted molar refractivity (Wildman–Crippen MR) is 46.9 cm³/mol. The van der Waals surface area contributed by atoms with Crippen molar-refractivity contribution in [3.8, 4) is 11.5 Å². The van der Waals surface area contributed by atoms with E-state index in [4.69, 9.17) is 11.5 Å². The van der Waals surface area contributed by atoms with Gasteiger partial charge in [-0.2, -0.15) is 0 Å². The van der Waals surface area contributed by atoms with Crippen LogP contribution in [0.25, 0.3) is 0 Å². The summed E-state index contributed by atoms with van der Waals surface area (Å²) in [6, 6.07) is 5.68. The molecule has 14 heavy (non-hydrogen) atoms. The standard InChI is InChI=1S/C8H8N2O4/c9-7(11)13-5-1-2-6(4-3-5)14-8(10)12/h1-4H,(H2,9,11)(H2,10,12). The number of hydrogen-bond donors (Lipinski definition) is 2. The summed E-state index contributed by atoms with van der Waals surface area (Å²) in [4.78, 5) is 20.7. The molecule has 0 aliphatic heterocycles. The number of carbonyl (C=O) groups excluding carboxylic acids is 2. The van der Waals surface area contributed by atoms with Crippen LogP contribution in [0.2, 0.25) is 0 Å². The van der Waals surface area contributed by atoms with Gasteiger partial charge in [0.05, 0.1) is 0 Å². The van der Waals surface area contributed by atoms with Gasteiger partial charge in [0.15, 0.2) is 0 Å². The highest BCUT2D eigenvalue weighted by Crippen LogP contribution is 2.17. The van der Waals surface area contributed by atoms with Gasteiger partial charge in [-0.1, -0.05) is 0 Å². The molecule has 0 spiro atoms. The van der Waals surface area contributed by atoms with Crippen molar-refractivity contribution >= 4 is 12.2 Å². The van der Waals surface area contributed by atoms with Crippen LogP contribution in [0, 0.1) is 0 Å². The molecule has 0 unspecified atom stereocenters. The number of hydrogen-bond acceptors (Lipinski definition) is 4. The second-order valence-electron chi connectivity index (χ2n) is 2.31. The second kappa shape index (κ2) is 4.13. The topological polar surface area (TPSA) is 105 Å². The second-order valence-corrected chi connectivity index (χ2v) is 2.31. The van der Waals surface area contributed by atoms with E-state index in [1.807, 2.05) is 0 Å². The first-order valence-corrected chi connectivity index (χ1v) is 3.62. The normalized spacial score (nSPS) is 9.14. The molecule has 1 aromatic carbocycles. The van der Waals surface area contributed by atoms with Crippen molar-refractivity contribution < 1.29 is 19.1 Å². The van der Waals surface area contributed by atoms with Gasteiger partial charge in [0, 0.05) is 0 Å². The third-order valence-corrected chi connectivity index (χ3v) is 1.26. The van der Waals surface area contributed by atoms with Crippen LogP contribution >= 0.6 is 0 Å². The first kappa shape index (κ1) is 9.85. The van der Waals surface area contributed by atoms with E-state index in [9.17, 15) is 9.59 Å². The minimum atomic E-state index is -0.909. The van der Waals surface area contributed by atoms with Gasteiger partial charge in [-0.05, 0) is 24.3 Å². The highest BCUT2D eigenvalue weighted by atomic mass is 16.6. The maximum atomic E-state index is 10.3. The molecule has 74 valence electrons. The van der Waals surface area contributed by atoms with E-state index >= 15 is 0 Å². The average Bonchev–Trinajstić information content (AvgIpc) is 2.06. The summed E-state index contributed by atoms with van der Waals surface area (Å²) < 4.78 is 9.08. The Labute approximate surface area is 79.4 Å². The van der Waals surface area contributed by atoms with E-state index in [1.165, 1.54) is 24.3 Å². The van der Waals surface area contributed by atoms with Crippen molar-refractivity contribution in [2.24, 2.45) is 11.5 Å². The Hall–Kier alpha value is -2.24. The number of amides is 2. The van der Waals surface area contributed by atoms with E-state index in [2.05, 4.69) is 9.47 Å². The fourth-order valence-electron chi connectivity index (χ4n) is 0.808. The molecule has 0 bridgehead atoms. The number of carbonyl (C=O) groups is 2. The van der Waals surface area contributed by atoms with Crippen molar-refractivity contribution in [3.05, 3.63) is 24.3 Å². The van der Waals surface area contributed by atoms with E-state index < -0.39 is 12.2 Å². The highest BCUT2D eigenvalue weighted by molar-refractivity contribution is 5.69. The van der Waals surface area contributed by atoms with Crippen molar-refractivity contribution in [3.63, 3.8) is 0 Å². The van der Waals surface area contributed by atoms with Gasteiger partial charge in [-0.25, -0.2) is 9.59 Å². The van der Waals surface area contributed by atoms with Crippen LogP contribution in [0.15, 0.2) is 24.3 Å². The fraction of sp³-hybridized carbons (Fsp3) is 0. The third kappa shape index (κ3) is 3.02. The van der Waals surface area contributed by atoms with Gasteiger partial charge in [0.25, 0.3) is 0 Å². The lowest BCUT2D eigenvalue weighted by Gasteiger charge is -2.02. The van der Waals surface area contributed by atoms with Gasteiger partial charge in [-0.3, -0.25) is 0 Å². The maximum Gasteiger partial charge on any atom is 0.409 e. The lowest BCUT2D eigenvalue weighted by atomic mass is 10.3. The molecule has 0 aliphatic rings. The van der Waals surface area contributed by atoms with Crippen LogP contribution in [0.3, 0.4) is 0 Å². The molecule has 1 aromatic rings. The number of rotatable bonds is 2. The van der Waals surface area contributed by atoms with Crippen LogP contribution in [-0.2, 0) is 0 Å². The van der Waals surface area contributed by atoms with E-state index in [1.54, 1.807) is 0 Å². The van der Waals surface area contributed by atoms with Crippen LogP contribution in [-0.4, -0.2) is 12.2 Å². The van der Waals surface area contributed by atoms with E-state index in [0.717, 1.165) is 0 Å². The molecule has 0 heterocycles. The zero-order chi connectivity index (χ0) is 10.6. The quantitative estimate of drug-likeness (QED) is 0.722. The molecule has 6 heteroatoms. The Kier molecular flexibility index (Phi) is 2.90. The smallest absolute Gasteiger partial charge is 0.409 e. The monoisotopic (exact) mass is 196 g/mol. The highest BCUT2D eigenvalue weighted by Gasteiger charge is 2.01. The molecule has 0 aliphatic carbocycles. The summed E-state index contributed by atoms with van der Waals surface area (Å²) >= 11 is 0. The number of benzene rings is 1. The molecule has 0 saturated heterocycles. The van der Waals surface area contributed by atoms with Gasteiger partial charge < -0.3 is 20.9 Å². The predicted octanol–water partition coefficient (Wildman–Crippen LogP) is 0.602. The van der Waals surface area contributed by atoms with Gasteiger partial charge in [-0.15, -0.1) is 0 Å². The molecular weight excluding hydrogens is 188 g/mol. The zero-order valence-electron chi connectivity index (χ0n) is 7.10. The Morgan fingerprint density at radius 3 is 1.36 bits per heavy atom. The van der Waals surface area contributed by atoms with Gasteiger partial charge >= 0.3 is 12.2 Å². The first-order chi connectivity index (χ1) is 6.58. The Morgan fingerprint density at radius 2 is 1.14 bits per heavy atom. The summed E-state index contributed by atoms with van der Waals surface area (Å²) in [5.74, 6) is 0.517. The molecular formula is C8H8N2O4. The molecule has 0 saturated carbocycles. The Bertz CT molecular complexity index is 312. The van der Waals surface area contributed by atoms with E-state index in [0.29, 0.717) is 0 Å². The average molecular weight is 196 g/mol. The lowest BCUT2D eigenvalue weighted by Crippen LogP contribution is -2.17. The number of nitrogens with two attached hydrogens (primary N) is 2. The molecule has 0 radical (unpaired) electrons. The summed E-state index contributed by atoms with van der Waals surface area (Å²) in [7, 11) is 0. The van der Waals surface area contributed by atoms with E-state index in [-0.39, 0.29) is 11.5 Å². The van der Waals surface area contributed by atoms with Crippen molar-refractivity contribution in [1.29, 1.82) is 0 Å². The minimum Gasteiger partial charge on any atom is -0.411 e. The van der Waals surface area contributed by atoms with Crippen LogP contribution in [0.1, 0.15) is 0 Å². The lowest BCUT2D eigenvalue weighted by molar-refractivity contribution is 0.208. The van der Waals surface area contributed by atoms with Crippen molar-refractivity contribution in [2.45, 2.75) is 0 Å². The first-order valence-electron chi connectivity index (χ1n) is 3.62. The molecule has 2 amide bonds. The van der Waals surface area contributed by atoms with Crippen LogP contribution in [0.4, 0.5) is 9.59 Å².